The fraction of sp³-hybridized carbons (Fsp3) is 0.524. The second kappa shape index (κ2) is 7.89. The van der Waals surface area contributed by atoms with E-state index in [2.05, 4.69) is 10.3 Å². The number of hydrogen-bond donors (Lipinski definition) is 2. The molecular weight excluding hydrogens is 419 g/mol. The minimum Gasteiger partial charge on any atom is -0.388 e. The average molecular weight is 442 g/mol. The minimum absolute atomic E-state index is 0.171. The molecule has 5 nitrogen and oxygen atoms in total. The average Bonchev–Trinajstić information content (AvgIpc) is 3.11. The lowest BCUT2D eigenvalue weighted by molar-refractivity contribution is -0.121. The first kappa shape index (κ1) is 21.2. The third-order valence-corrected chi connectivity index (χ3v) is 6.15. The van der Waals surface area contributed by atoms with E-state index in [-0.39, 0.29) is 42.9 Å². The first-order valence-electron chi connectivity index (χ1n) is 10.0. The van der Waals surface area contributed by atoms with Crippen molar-refractivity contribution in [2.45, 2.75) is 49.8 Å². The highest BCUT2D eigenvalue weighted by atomic mass is 35.5. The Morgan fingerprint density at radius 3 is 2.80 bits per heavy atom. The van der Waals surface area contributed by atoms with Crippen LogP contribution in [0.2, 0.25) is 5.02 Å². The van der Waals surface area contributed by atoms with Crippen molar-refractivity contribution in [3.8, 4) is 0 Å². The largest absolute Gasteiger partial charge is 0.388 e. The maximum atomic E-state index is 13.7. The highest BCUT2D eigenvalue weighted by Crippen LogP contribution is 2.39. The van der Waals surface area contributed by atoms with Crippen LogP contribution in [-0.2, 0) is 0 Å². The number of pyridine rings is 1. The molecule has 1 aromatic carbocycles. The summed E-state index contributed by atoms with van der Waals surface area (Å²) in [6, 6.07) is 6.63. The Hall–Kier alpha value is -2.06. The van der Waals surface area contributed by atoms with Crippen LogP contribution in [0.15, 0.2) is 24.3 Å². The number of nitrogens with zero attached hydrogens (tertiary/aromatic N) is 2. The van der Waals surface area contributed by atoms with E-state index >= 15 is 0 Å². The predicted octanol–water partition coefficient (Wildman–Crippen LogP) is 4.11. The van der Waals surface area contributed by atoms with Gasteiger partial charge in [-0.3, -0.25) is 4.79 Å². The molecule has 9 heteroatoms. The third kappa shape index (κ3) is 4.34. The summed E-state index contributed by atoms with van der Waals surface area (Å²) in [6.07, 6.45) is -0.977. The van der Waals surface area contributed by atoms with E-state index in [9.17, 15) is 23.1 Å². The standard InChI is InChI=1S/C21H23ClF3N3O2/c22-15-3-4-16-14(2-5-17(27-16)28-9-6-13(23)10-28)18(15)19(29)26-12-20(30)7-1-8-21(24,25)11-20/h2-5,13,30H,1,6-12H2,(H,26,29)/t13-,20-/m0/s1. The van der Waals surface area contributed by atoms with Crippen LogP contribution in [-0.4, -0.2) is 53.3 Å². The summed E-state index contributed by atoms with van der Waals surface area (Å²) in [6.45, 7) is 0.567. The van der Waals surface area contributed by atoms with Gasteiger partial charge in [-0.1, -0.05) is 11.6 Å². The van der Waals surface area contributed by atoms with Crippen molar-refractivity contribution in [1.82, 2.24) is 10.3 Å². The number of fused-ring (bicyclic) bond motifs is 1. The first-order valence-corrected chi connectivity index (χ1v) is 10.4. The van der Waals surface area contributed by atoms with E-state index in [1.165, 1.54) is 0 Å². The Labute approximate surface area is 177 Å². The molecule has 1 aliphatic heterocycles. The number of halogens is 4. The molecule has 1 saturated carbocycles. The SMILES string of the molecule is O=C(NC[C@]1(O)CCCC(F)(F)C1)c1c(Cl)ccc2nc(N3CC[C@H](F)C3)ccc12. The Bertz CT molecular complexity index is 974. The van der Waals surface area contributed by atoms with Crippen molar-refractivity contribution in [2.75, 3.05) is 24.5 Å². The Morgan fingerprint density at radius 1 is 1.30 bits per heavy atom. The van der Waals surface area contributed by atoms with Crippen molar-refractivity contribution in [2.24, 2.45) is 0 Å². The van der Waals surface area contributed by atoms with Crippen LogP contribution in [0.25, 0.3) is 10.9 Å². The number of aromatic nitrogens is 1. The Balaban J connectivity index is 1.55. The topological polar surface area (TPSA) is 65.5 Å². The van der Waals surface area contributed by atoms with Crippen molar-refractivity contribution >= 4 is 34.2 Å². The molecular formula is C21H23ClF3N3O2. The van der Waals surface area contributed by atoms with E-state index in [1.54, 1.807) is 24.3 Å². The second-order valence-corrected chi connectivity index (χ2v) is 8.69. The smallest absolute Gasteiger partial charge is 0.253 e. The van der Waals surface area contributed by atoms with Gasteiger partial charge >= 0.3 is 0 Å². The maximum absolute atomic E-state index is 13.7. The molecule has 2 aromatic rings. The lowest BCUT2D eigenvalue weighted by Gasteiger charge is -2.36. The Morgan fingerprint density at radius 2 is 2.10 bits per heavy atom. The molecule has 2 aliphatic rings. The Kier molecular flexibility index (Phi) is 5.57. The van der Waals surface area contributed by atoms with Crippen LogP contribution in [0.5, 0.6) is 0 Å². The minimum atomic E-state index is -2.94. The molecule has 0 radical (unpaired) electrons. The summed E-state index contributed by atoms with van der Waals surface area (Å²) < 4.78 is 40.9. The maximum Gasteiger partial charge on any atom is 0.253 e. The van der Waals surface area contributed by atoms with Crippen LogP contribution in [0, 0.1) is 0 Å². The molecule has 2 N–H and O–H groups in total. The number of amides is 1. The number of benzene rings is 1. The molecule has 2 fully saturated rings. The lowest BCUT2D eigenvalue weighted by Crippen LogP contribution is -2.49. The molecule has 30 heavy (non-hydrogen) atoms. The first-order chi connectivity index (χ1) is 14.2. The highest BCUT2D eigenvalue weighted by molar-refractivity contribution is 6.35. The predicted molar refractivity (Wildman–Crippen MR) is 109 cm³/mol. The van der Waals surface area contributed by atoms with Gasteiger partial charge in [-0.25, -0.2) is 18.2 Å². The monoisotopic (exact) mass is 441 g/mol. The summed E-state index contributed by atoms with van der Waals surface area (Å²) in [4.78, 5) is 19.2. The summed E-state index contributed by atoms with van der Waals surface area (Å²) in [5.41, 5.74) is -0.963. The fourth-order valence-corrected chi connectivity index (χ4v) is 4.57. The number of carbonyl (C=O) groups excluding carboxylic acids is 1. The van der Waals surface area contributed by atoms with Crippen molar-refractivity contribution < 1.29 is 23.1 Å². The molecule has 1 saturated heterocycles. The summed E-state index contributed by atoms with van der Waals surface area (Å²) in [5.74, 6) is -2.88. The number of nitrogens with one attached hydrogen (secondary N) is 1. The fourth-order valence-electron chi connectivity index (χ4n) is 4.32. The second-order valence-electron chi connectivity index (χ2n) is 8.28. The van der Waals surface area contributed by atoms with Gasteiger partial charge in [0.15, 0.2) is 0 Å². The van der Waals surface area contributed by atoms with Gasteiger partial charge < -0.3 is 15.3 Å². The molecule has 4 rings (SSSR count). The van der Waals surface area contributed by atoms with Gasteiger partial charge in [0.2, 0.25) is 0 Å². The van der Waals surface area contributed by atoms with E-state index in [0.29, 0.717) is 29.7 Å². The van der Waals surface area contributed by atoms with Crippen LogP contribution in [0.4, 0.5) is 19.0 Å². The van der Waals surface area contributed by atoms with Crippen molar-refractivity contribution in [3.63, 3.8) is 0 Å². The zero-order valence-corrected chi connectivity index (χ0v) is 17.1. The number of rotatable bonds is 4. The van der Waals surface area contributed by atoms with Gasteiger partial charge in [0.05, 0.1) is 28.2 Å². The van der Waals surface area contributed by atoms with Gasteiger partial charge in [-0.2, -0.15) is 0 Å². The molecule has 1 aromatic heterocycles. The number of alkyl halides is 3. The zero-order chi connectivity index (χ0) is 21.5. The van der Waals surface area contributed by atoms with Gasteiger partial charge in [0.25, 0.3) is 11.8 Å². The molecule has 1 aliphatic carbocycles. The molecule has 0 unspecified atom stereocenters. The number of carbonyl (C=O) groups is 1. The quantitative estimate of drug-likeness (QED) is 0.749. The lowest BCUT2D eigenvalue weighted by atomic mass is 9.82. The number of anilines is 1. The van der Waals surface area contributed by atoms with E-state index in [4.69, 9.17) is 11.6 Å². The molecule has 1 amide bonds. The molecule has 0 bridgehead atoms. The third-order valence-electron chi connectivity index (χ3n) is 5.84. The van der Waals surface area contributed by atoms with Gasteiger partial charge in [-0.05, 0) is 43.5 Å². The van der Waals surface area contributed by atoms with Crippen LogP contribution < -0.4 is 10.2 Å². The van der Waals surface area contributed by atoms with Crippen molar-refractivity contribution in [1.29, 1.82) is 0 Å². The normalized spacial score (nSPS) is 26.2. The van der Waals surface area contributed by atoms with Crippen LogP contribution in [0.1, 0.15) is 42.5 Å². The van der Waals surface area contributed by atoms with Gasteiger partial charge in [-0.15, -0.1) is 0 Å². The van der Waals surface area contributed by atoms with Crippen molar-refractivity contribution in [3.05, 3.63) is 34.9 Å². The molecule has 2 atom stereocenters. The number of aliphatic hydroxyl groups is 1. The zero-order valence-electron chi connectivity index (χ0n) is 16.3. The molecule has 2 heterocycles. The van der Waals surface area contributed by atoms with E-state index < -0.39 is 30.0 Å². The van der Waals surface area contributed by atoms with E-state index in [0.717, 1.165) is 0 Å². The van der Waals surface area contributed by atoms with Crippen LogP contribution >= 0.6 is 11.6 Å². The summed E-state index contributed by atoms with van der Waals surface area (Å²) in [5, 5.41) is 13.7. The highest BCUT2D eigenvalue weighted by Gasteiger charge is 2.44. The summed E-state index contributed by atoms with van der Waals surface area (Å²) in [7, 11) is 0. The molecule has 162 valence electrons. The van der Waals surface area contributed by atoms with Gasteiger partial charge in [0.1, 0.15) is 12.0 Å². The number of hydrogen-bond acceptors (Lipinski definition) is 4. The van der Waals surface area contributed by atoms with E-state index in [1.807, 2.05) is 4.90 Å². The van der Waals surface area contributed by atoms with Crippen LogP contribution in [0.3, 0.4) is 0 Å². The molecule has 0 spiro atoms. The van der Waals surface area contributed by atoms with Gasteiger partial charge in [0, 0.05) is 31.3 Å². The summed E-state index contributed by atoms with van der Waals surface area (Å²) >= 11 is 6.25.